The van der Waals surface area contributed by atoms with E-state index in [-0.39, 0.29) is 5.56 Å². The molecule has 102 valence electrons. The highest BCUT2D eigenvalue weighted by Crippen LogP contribution is 2.12. The monoisotopic (exact) mass is 270 g/mol. The fraction of sp³-hybridized carbons (Fsp3) is 0.214. The van der Waals surface area contributed by atoms with Gasteiger partial charge in [0.1, 0.15) is 11.0 Å². The van der Waals surface area contributed by atoms with Crippen molar-refractivity contribution >= 4 is 11.0 Å². The van der Waals surface area contributed by atoms with E-state index in [1.807, 2.05) is 30.3 Å². The fourth-order valence-electron chi connectivity index (χ4n) is 2.28. The summed E-state index contributed by atoms with van der Waals surface area (Å²) in [5.74, 6) is 0. The number of rotatable bonds is 2. The largest absolute Gasteiger partial charge is 0.329 e. The molecule has 0 atom stereocenters. The van der Waals surface area contributed by atoms with Gasteiger partial charge in [-0.05, 0) is 12.5 Å². The quantitative estimate of drug-likeness (QED) is 0.748. The van der Waals surface area contributed by atoms with Gasteiger partial charge < -0.3 is 0 Å². The zero-order valence-electron chi connectivity index (χ0n) is 11.3. The van der Waals surface area contributed by atoms with Gasteiger partial charge in [0, 0.05) is 7.05 Å². The standard InChI is InChI=1S/C14H14N4O2/c1-9-11-12(15-14(20)17(2)13(11)19)18(16-9)8-10-6-4-3-5-7-10/h3-7H,8H2,1-2H3,(H,15,20). The summed E-state index contributed by atoms with van der Waals surface area (Å²) < 4.78 is 2.71. The molecule has 0 aliphatic heterocycles. The lowest BCUT2D eigenvalue weighted by Gasteiger charge is -2.03. The maximum atomic E-state index is 12.1. The van der Waals surface area contributed by atoms with Crippen LogP contribution in [0.4, 0.5) is 0 Å². The van der Waals surface area contributed by atoms with Crippen molar-refractivity contribution < 1.29 is 0 Å². The zero-order chi connectivity index (χ0) is 14.3. The van der Waals surface area contributed by atoms with E-state index in [2.05, 4.69) is 10.1 Å². The van der Waals surface area contributed by atoms with E-state index in [9.17, 15) is 9.59 Å². The maximum absolute atomic E-state index is 12.1. The van der Waals surface area contributed by atoms with E-state index in [1.54, 1.807) is 11.6 Å². The van der Waals surface area contributed by atoms with Crippen molar-refractivity contribution in [3.05, 3.63) is 62.4 Å². The Kier molecular flexibility index (Phi) is 2.78. The summed E-state index contributed by atoms with van der Waals surface area (Å²) in [5.41, 5.74) is 1.39. The summed E-state index contributed by atoms with van der Waals surface area (Å²) in [5, 5.41) is 4.82. The van der Waals surface area contributed by atoms with Crippen LogP contribution in [-0.4, -0.2) is 19.3 Å². The molecule has 0 saturated heterocycles. The highest BCUT2D eigenvalue weighted by Gasteiger charge is 2.14. The van der Waals surface area contributed by atoms with Crippen molar-refractivity contribution in [3.8, 4) is 0 Å². The lowest BCUT2D eigenvalue weighted by Crippen LogP contribution is -2.32. The molecule has 0 spiro atoms. The van der Waals surface area contributed by atoms with E-state index >= 15 is 0 Å². The number of hydrogen-bond donors (Lipinski definition) is 1. The highest BCUT2D eigenvalue weighted by atomic mass is 16.2. The minimum atomic E-state index is -0.434. The number of aromatic nitrogens is 4. The molecular formula is C14H14N4O2. The summed E-state index contributed by atoms with van der Waals surface area (Å²) in [7, 11) is 1.45. The van der Waals surface area contributed by atoms with Crippen LogP contribution in [0.2, 0.25) is 0 Å². The van der Waals surface area contributed by atoms with Gasteiger partial charge in [-0.1, -0.05) is 30.3 Å². The molecule has 0 saturated carbocycles. The predicted octanol–water partition coefficient (Wildman–Crippen LogP) is 0.780. The van der Waals surface area contributed by atoms with Crippen molar-refractivity contribution in [3.63, 3.8) is 0 Å². The van der Waals surface area contributed by atoms with Crippen LogP contribution in [0.15, 0.2) is 39.9 Å². The maximum Gasteiger partial charge on any atom is 0.329 e. The first-order valence-corrected chi connectivity index (χ1v) is 6.28. The van der Waals surface area contributed by atoms with Crippen molar-refractivity contribution in [2.24, 2.45) is 7.05 Å². The van der Waals surface area contributed by atoms with Crippen LogP contribution in [0.3, 0.4) is 0 Å². The van der Waals surface area contributed by atoms with E-state index in [4.69, 9.17) is 0 Å². The van der Waals surface area contributed by atoms with Crippen LogP contribution in [0.1, 0.15) is 11.3 Å². The number of benzene rings is 1. The van der Waals surface area contributed by atoms with Gasteiger partial charge in [0.15, 0.2) is 0 Å². The second-order valence-electron chi connectivity index (χ2n) is 4.75. The molecule has 1 aromatic carbocycles. The zero-order valence-corrected chi connectivity index (χ0v) is 11.3. The topological polar surface area (TPSA) is 72.7 Å². The van der Waals surface area contributed by atoms with Crippen LogP contribution >= 0.6 is 0 Å². The van der Waals surface area contributed by atoms with E-state index in [1.165, 1.54) is 7.05 Å². The molecule has 3 aromatic rings. The highest BCUT2D eigenvalue weighted by molar-refractivity contribution is 5.76. The molecule has 2 aromatic heterocycles. The average Bonchev–Trinajstić information content (AvgIpc) is 2.73. The van der Waals surface area contributed by atoms with Crippen LogP contribution in [0.5, 0.6) is 0 Å². The number of nitrogens with one attached hydrogen (secondary N) is 1. The molecule has 0 aliphatic carbocycles. The van der Waals surface area contributed by atoms with Gasteiger partial charge in [0.2, 0.25) is 0 Å². The lowest BCUT2D eigenvalue weighted by molar-refractivity contribution is 0.689. The Balaban J connectivity index is 2.23. The lowest BCUT2D eigenvalue weighted by atomic mass is 10.2. The van der Waals surface area contributed by atoms with Crippen LogP contribution in [-0.2, 0) is 13.6 Å². The number of H-pyrrole nitrogens is 1. The van der Waals surface area contributed by atoms with Crippen LogP contribution in [0, 0.1) is 6.92 Å². The molecule has 0 amide bonds. The summed E-state index contributed by atoms with van der Waals surface area (Å²) in [6.07, 6.45) is 0. The van der Waals surface area contributed by atoms with Gasteiger partial charge in [0.05, 0.1) is 12.2 Å². The molecule has 0 aliphatic rings. The molecule has 0 unspecified atom stereocenters. The third kappa shape index (κ3) is 1.85. The first kappa shape index (κ1) is 12.4. The number of nitrogens with zero attached hydrogens (tertiary/aromatic N) is 3. The van der Waals surface area contributed by atoms with E-state index in [0.29, 0.717) is 23.3 Å². The number of hydrogen-bond acceptors (Lipinski definition) is 3. The van der Waals surface area contributed by atoms with Gasteiger partial charge in [-0.3, -0.25) is 14.3 Å². The smallest absolute Gasteiger partial charge is 0.291 e. The molecule has 3 rings (SSSR count). The third-order valence-corrected chi connectivity index (χ3v) is 3.35. The summed E-state index contributed by atoms with van der Waals surface area (Å²) in [4.78, 5) is 26.6. The Hall–Kier alpha value is -2.63. The number of aromatic amines is 1. The van der Waals surface area contributed by atoms with Gasteiger partial charge in [-0.15, -0.1) is 0 Å². The second kappa shape index (κ2) is 4.48. The minimum Gasteiger partial charge on any atom is -0.291 e. The van der Waals surface area contributed by atoms with Gasteiger partial charge in [-0.25, -0.2) is 9.48 Å². The normalized spacial score (nSPS) is 11.1. The first-order valence-electron chi connectivity index (χ1n) is 6.28. The molecule has 6 heteroatoms. The number of fused-ring (bicyclic) bond motifs is 1. The summed E-state index contributed by atoms with van der Waals surface area (Å²) in [6.45, 7) is 2.28. The minimum absolute atomic E-state index is 0.319. The number of aryl methyl sites for hydroxylation is 1. The summed E-state index contributed by atoms with van der Waals surface area (Å²) >= 11 is 0. The van der Waals surface area contributed by atoms with Crippen molar-refractivity contribution in [2.45, 2.75) is 13.5 Å². The molecule has 0 radical (unpaired) electrons. The Morgan fingerprint density at radius 2 is 1.90 bits per heavy atom. The second-order valence-corrected chi connectivity index (χ2v) is 4.75. The molecule has 1 N–H and O–H groups in total. The molecule has 0 bridgehead atoms. The Morgan fingerprint density at radius 1 is 1.20 bits per heavy atom. The van der Waals surface area contributed by atoms with Gasteiger partial charge in [0.25, 0.3) is 5.56 Å². The van der Waals surface area contributed by atoms with Crippen LogP contribution < -0.4 is 11.2 Å². The van der Waals surface area contributed by atoms with Crippen molar-refractivity contribution in [2.75, 3.05) is 0 Å². The van der Waals surface area contributed by atoms with Gasteiger partial charge in [-0.2, -0.15) is 5.10 Å². The molecular weight excluding hydrogens is 256 g/mol. The first-order chi connectivity index (χ1) is 9.58. The van der Waals surface area contributed by atoms with Crippen molar-refractivity contribution in [1.82, 2.24) is 19.3 Å². The van der Waals surface area contributed by atoms with Gasteiger partial charge >= 0.3 is 5.69 Å². The van der Waals surface area contributed by atoms with Crippen molar-refractivity contribution in [1.29, 1.82) is 0 Å². The average molecular weight is 270 g/mol. The Bertz CT molecular complexity index is 887. The Morgan fingerprint density at radius 3 is 2.60 bits per heavy atom. The molecule has 6 nitrogen and oxygen atoms in total. The fourth-order valence-corrected chi connectivity index (χ4v) is 2.28. The Labute approximate surface area is 114 Å². The molecule has 2 heterocycles. The van der Waals surface area contributed by atoms with Crippen LogP contribution in [0.25, 0.3) is 11.0 Å². The van der Waals surface area contributed by atoms with E-state index in [0.717, 1.165) is 10.1 Å². The third-order valence-electron chi connectivity index (χ3n) is 3.35. The molecule has 20 heavy (non-hydrogen) atoms. The SMILES string of the molecule is Cc1nn(Cc2ccccc2)c2[nH]c(=O)n(C)c(=O)c12. The molecule has 0 fully saturated rings. The van der Waals surface area contributed by atoms with E-state index < -0.39 is 5.69 Å². The predicted molar refractivity (Wildman–Crippen MR) is 75.9 cm³/mol. The summed E-state index contributed by atoms with van der Waals surface area (Å²) in [6, 6.07) is 9.77.